The van der Waals surface area contributed by atoms with Gasteiger partial charge in [-0.05, 0) is 13.8 Å². The molecule has 5 heteroatoms. The number of ether oxygens (including phenoxy) is 1. The summed E-state index contributed by atoms with van der Waals surface area (Å²) in [6, 6.07) is 0.275. The van der Waals surface area contributed by atoms with E-state index in [1.165, 1.54) is 11.3 Å². The van der Waals surface area contributed by atoms with Gasteiger partial charge in [0.05, 0.1) is 17.7 Å². The van der Waals surface area contributed by atoms with Crippen molar-refractivity contribution < 1.29 is 9.53 Å². The lowest BCUT2D eigenvalue weighted by Gasteiger charge is -2.09. The number of carbonyl (C=O) groups excluding carboxylic acids is 1. The van der Waals surface area contributed by atoms with Gasteiger partial charge in [-0.25, -0.2) is 0 Å². The minimum Gasteiger partial charge on any atom is -0.492 e. The Kier molecular flexibility index (Phi) is 4.18. The van der Waals surface area contributed by atoms with Crippen molar-refractivity contribution in [1.82, 2.24) is 0 Å². The topological polar surface area (TPSA) is 64.3 Å². The van der Waals surface area contributed by atoms with Crippen LogP contribution < -0.4 is 15.8 Å². The van der Waals surface area contributed by atoms with Gasteiger partial charge in [0.1, 0.15) is 5.00 Å². The molecule has 1 aromatic heterocycles. The molecule has 0 spiro atoms. The van der Waals surface area contributed by atoms with Crippen molar-refractivity contribution in [1.29, 1.82) is 0 Å². The molecule has 0 aliphatic rings. The van der Waals surface area contributed by atoms with E-state index in [0.29, 0.717) is 22.7 Å². The molecule has 1 rings (SSSR count). The van der Waals surface area contributed by atoms with Crippen molar-refractivity contribution in [2.24, 2.45) is 0 Å². The first-order valence-electron chi connectivity index (χ1n) is 5.27. The van der Waals surface area contributed by atoms with Crippen LogP contribution in [0.3, 0.4) is 0 Å². The number of carbonyl (C=O) groups is 1. The van der Waals surface area contributed by atoms with E-state index in [1.807, 2.05) is 20.8 Å². The molecule has 90 valence electrons. The second kappa shape index (κ2) is 5.21. The first kappa shape index (κ1) is 12.8. The zero-order valence-corrected chi connectivity index (χ0v) is 10.9. The molecular formula is C11H18N2O2S. The van der Waals surface area contributed by atoms with Crippen molar-refractivity contribution in [2.45, 2.75) is 33.2 Å². The summed E-state index contributed by atoms with van der Waals surface area (Å²) in [6.45, 7) is 5.87. The van der Waals surface area contributed by atoms with E-state index in [2.05, 4.69) is 5.32 Å². The van der Waals surface area contributed by atoms with Gasteiger partial charge in [-0.3, -0.25) is 4.79 Å². The van der Waals surface area contributed by atoms with Crippen LogP contribution in [-0.4, -0.2) is 18.9 Å². The van der Waals surface area contributed by atoms with Crippen molar-refractivity contribution in [3.05, 3.63) is 4.88 Å². The number of hydrogen-bond acceptors (Lipinski definition) is 5. The third-order valence-corrected chi connectivity index (χ3v) is 3.26. The Morgan fingerprint density at radius 2 is 2.19 bits per heavy atom. The van der Waals surface area contributed by atoms with Crippen LogP contribution in [0.1, 0.15) is 36.9 Å². The van der Waals surface area contributed by atoms with Gasteiger partial charge < -0.3 is 15.8 Å². The van der Waals surface area contributed by atoms with Gasteiger partial charge in [-0.1, -0.05) is 6.92 Å². The summed E-state index contributed by atoms with van der Waals surface area (Å²) in [5.74, 6) is 0.633. The van der Waals surface area contributed by atoms with Crippen molar-refractivity contribution in [3.8, 4) is 5.75 Å². The zero-order chi connectivity index (χ0) is 12.3. The summed E-state index contributed by atoms with van der Waals surface area (Å²) in [6.07, 6.45) is 0.453. The van der Waals surface area contributed by atoms with Crippen LogP contribution in [0.15, 0.2) is 0 Å². The predicted octanol–water partition coefficient (Wildman–Crippen LogP) is 2.75. The normalized spacial score (nSPS) is 10.6. The van der Waals surface area contributed by atoms with Crippen LogP contribution in [-0.2, 0) is 0 Å². The summed E-state index contributed by atoms with van der Waals surface area (Å²) in [5.41, 5.74) is 6.34. The maximum atomic E-state index is 11.6. The number of nitrogens with two attached hydrogens (primary N) is 1. The molecule has 0 saturated heterocycles. The summed E-state index contributed by atoms with van der Waals surface area (Å²) in [7, 11) is 1.56. The highest BCUT2D eigenvalue weighted by molar-refractivity contribution is 7.19. The Labute approximate surface area is 99.8 Å². The van der Waals surface area contributed by atoms with Gasteiger partial charge in [-0.2, -0.15) is 0 Å². The highest BCUT2D eigenvalue weighted by Gasteiger charge is 2.20. The third kappa shape index (κ3) is 2.47. The van der Waals surface area contributed by atoms with Gasteiger partial charge in [0, 0.05) is 12.5 Å². The molecule has 16 heavy (non-hydrogen) atoms. The van der Waals surface area contributed by atoms with Crippen LogP contribution in [0.5, 0.6) is 5.75 Å². The summed E-state index contributed by atoms with van der Waals surface area (Å²) >= 11 is 1.36. The highest BCUT2D eigenvalue weighted by atomic mass is 32.1. The molecule has 0 aromatic carbocycles. The van der Waals surface area contributed by atoms with Gasteiger partial charge in [0.25, 0.3) is 0 Å². The first-order chi connectivity index (χ1) is 7.51. The lowest BCUT2D eigenvalue weighted by atomic mass is 10.2. The van der Waals surface area contributed by atoms with E-state index in [0.717, 1.165) is 5.00 Å². The van der Waals surface area contributed by atoms with E-state index in [4.69, 9.17) is 10.5 Å². The maximum Gasteiger partial charge on any atom is 0.176 e. The fourth-order valence-corrected chi connectivity index (χ4v) is 2.60. The smallest absolute Gasteiger partial charge is 0.176 e. The minimum atomic E-state index is 0.0533. The van der Waals surface area contributed by atoms with Crippen LogP contribution >= 0.6 is 11.3 Å². The molecule has 0 amide bonds. The number of Topliss-reactive ketones (excluding diaryl/α,β-unsaturated/α-hetero) is 1. The quantitative estimate of drug-likeness (QED) is 0.779. The molecule has 1 aromatic rings. The zero-order valence-electron chi connectivity index (χ0n) is 10.1. The highest BCUT2D eigenvalue weighted by Crippen LogP contribution is 2.43. The molecule has 0 unspecified atom stereocenters. The molecule has 0 radical (unpaired) electrons. The van der Waals surface area contributed by atoms with Crippen LogP contribution in [0.25, 0.3) is 0 Å². The molecule has 1 heterocycles. The molecule has 0 fully saturated rings. The largest absolute Gasteiger partial charge is 0.492 e. The molecule has 4 nitrogen and oxygen atoms in total. The number of rotatable bonds is 5. The van der Waals surface area contributed by atoms with E-state index in [9.17, 15) is 4.79 Å². The standard InChI is InChI=1S/C11H18N2O2S/c1-5-7(14)10-8(12)9(15-4)11(16-10)13-6(2)3/h6,13H,5,12H2,1-4H3. The molecule has 0 atom stereocenters. The molecule has 3 N–H and O–H groups in total. The number of anilines is 2. The Bertz CT molecular complexity index is 386. The second-order valence-corrected chi connectivity index (χ2v) is 4.80. The van der Waals surface area contributed by atoms with Crippen molar-refractivity contribution >= 4 is 27.8 Å². The van der Waals surface area contributed by atoms with Gasteiger partial charge in [0.15, 0.2) is 11.5 Å². The monoisotopic (exact) mass is 242 g/mol. The van der Waals surface area contributed by atoms with E-state index < -0.39 is 0 Å². The number of nitrogen functional groups attached to an aromatic ring is 1. The molecule has 0 saturated carbocycles. The maximum absolute atomic E-state index is 11.6. The molecular weight excluding hydrogens is 224 g/mol. The van der Waals surface area contributed by atoms with Crippen molar-refractivity contribution in [3.63, 3.8) is 0 Å². The van der Waals surface area contributed by atoms with Gasteiger partial charge >= 0.3 is 0 Å². The SMILES string of the molecule is CCC(=O)c1sc(NC(C)C)c(OC)c1N. The number of thiophene rings is 1. The van der Waals surface area contributed by atoms with Crippen LogP contribution in [0.4, 0.5) is 10.7 Å². The summed E-state index contributed by atoms with van der Waals surface area (Å²) in [4.78, 5) is 12.2. The first-order valence-corrected chi connectivity index (χ1v) is 6.08. The number of ketones is 1. The number of nitrogens with one attached hydrogen (secondary N) is 1. The average molecular weight is 242 g/mol. The average Bonchev–Trinajstić information content (AvgIpc) is 2.53. The Morgan fingerprint density at radius 1 is 1.56 bits per heavy atom. The Hall–Kier alpha value is -1.23. The van der Waals surface area contributed by atoms with E-state index in [1.54, 1.807) is 7.11 Å². The Balaban J connectivity index is 3.14. The summed E-state index contributed by atoms with van der Waals surface area (Å²) < 4.78 is 5.22. The van der Waals surface area contributed by atoms with Gasteiger partial charge in [-0.15, -0.1) is 11.3 Å². The lowest BCUT2D eigenvalue weighted by molar-refractivity contribution is 0.0992. The molecule has 0 aliphatic heterocycles. The second-order valence-electron chi connectivity index (χ2n) is 3.78. The predicted molar refractivity (Wildman–Crippen MR) is 68.7 cm³/mol. The van der Waals surface area contributed by atoms with E-state index >= 15 is 0 Å². The van der Waals surface area contributed by atoms with Crippen LogP contribution in [0, 0.1) is 0 Å². The summed E-state index contributed by atoms with van der Waals surface area (Å²) in [5, 5.41) is 4.05. The third-order valence-electron chi connectivity index (χ3n) is 2.10. The fourth-order valence-electron chi connectivity index (χ4n) is 1.36. The lowest BCUT2D eigenvalue weighted by Crippen LogP contribution is -2.09. The fraction of sp³-hybridized carbons (Fsp3) is 0.545. The number of hydrogen-bond donors (Lipinski definition) is 2. The van der Waals surface area contributed by atoms with E-state index in [-0.39, 0.29) is 11.8 Å². The number of methoxy groups -OCH3 is 1. The minimum absolute atomic E-state index is 0.0533. The van der Waals surface area contributed by atoms with Crippen molar-refractivity contribution in [2.75, 3.05) is 18.2 Å². The molecule has 0 bridgehead atoms. The molecule has 0 aliphatic carbocycles. The van der Waals surface area contributed by atoms with Gasteiger partial charge in [0.2, 0.25) is 0 Å². The van der Waals surface area contributed by atoms with Crippen LogP contribution in [0.2, 0.25) is 0 Å². The Morgan fingerprint density at radius 3 is 2.62 bits per heavy atom.